The number of allylic oxidation sites excluding steroid dienone is 2. The highest BCUT2D eigenvalue weighted by Gasteiger charge is 2.69. The first-order valence-electron chi connectivity index (χ1n) is 14.1. The Hall–Kier alpha value is -1.16. The number of Topliss-reactive ketones (excluding diaryl/α,β-unsaturated/α-hetero) is 1. The molecular weight excluding hydrogens is 436 g/mol. The highest BCUT2D eigenvalue weighted by atomic mass is 16.5. The maximum absolute atomic E-state index is 12.9. The van der Waals surface area contributed by atoms with Crippen LogP contribution >= 0.6 is 0 Å². The van der Waals surface area contributed by atoms with E-state index in [1.165, 1.54) is 12.7 Å². The number of carbonyl (C=O) groups is 2. The molecule has 0 aliphatic heterocycles. The lowest BCUT2D eigenvalue weighted by molar-refractivity contribution is -0.194. The summed E-state index contributed by atoms with van der Waals surface area (Å²) in [5.74, 6) is 1.46. The quantitative estimate of drug-likeness (QED) is 0.341. The van der Waals surface area contributed by atoms with Crippen LogP contribution in [0.1, 0.15) is 106 Å². The minimum Gasteiger partial charge on any atom is -0.469 e. The van der Waals surface area contributed by atoms with Gasteiger partial charge in [-0.2, -0.15) is 0 Å². The second kappa shape index (κ2) is 7.45. The predicted molar refractivity (Wildman–Crippen MR) is 137 cm³/mol. The molecule has 1 N–H and O–H groups in total. The van der Waals surface area contributed by atoms with Crippen molar-refractivity contribution in [1.29, 1.82) is 0 Å². The van der Waals surface area contributed by atoms with E-state index in [0.29, 0.717) is 30.5 Å². The van der Waals surface area contributed by atoms with Gasteiger partial charge < -0.3 is 9.84 Å². The summed E-state index contributed by atoms with van der Waals surface area (Å²) >= 11 is 0. The summed E-state index contributed by atoms with van der Waals surface area (Å²) in [4.78, 5) is 25.8. The fourth-order valence-electron chi connectivity index (χ4n) is 10.7. The predicted octanol–water partition coefficient (Wildman–Crippen LogP) is 6.50. The van der Waals surface area contributed by atoms with Gasteiger partial charge in [-0.05, 0) is 92.3 Å². The molecule has 5 rings (SSSR count). The van der Waals surface area contributed by atoms with Crippen LogP contribution in [0.4, 0.5) is 0 Å². The number of carbonyl (C=O) groups excluding carboxylic acids is 2. The van der Waals surface area contributed by atoms with E-state index in [-0.39, 0.29) is 39.0 Å². The number of hydrogen-bond donors (Lipinski definition) is 1. The molecule has 0 radical (unpaired) electrons. The van der Waals surface area contributed by atoms with Crippen molar-refractivity contribution >= 4 is 11.8 Å². The molecule has 4 saturated carbocycles. The van der Waals surface area contributed by atoms with Gasteiger partial charge in [-0.1, -0.05) is 53.2 Å². The van der Waals surface area contributed by atoms with Crippen molar-refractivity contribution < 1.29 is 19.4 Å². The fourth-order valence-corrected chi connectivity index (χ4v) is 10.7. The van der Waals surface area contributed by atoms with Gasteiger partial charge in [0, 0.05) is 17.3 Å². The number of hydrogen-bond acceptors (Lipinski definition) is 4. The minimum atomic E-state index is -0.646. The maximum atomic E-state index is 12.9. The van der Waals surface area contributed by atoms with Crippen LogP contribution in [0.3, 0.4) is 0 Å². The summed E-state index contributed by atoms with van der Waals surface area (Å²) in [6.07, 6.45) is 10.4. The highest BCUT2D eigenvalue weighted by Crippen LogP contribution is 2.75. The molecule has 0 aromatic heterocycles. The molecule has 5 aliphatic carbocycles. The molecule has 196 valence electrons. The van der Waals surface area contributed by atoms with Gasteiger partial charge in [-0.25, -0.2) is 0 Å². The zero-order valence-electron chi connectivity index (χ0n) is 23.4. The summed E-state index contributed by atoms with van der Waals surface area (Å²) in [7, 11) is 1.47. The van der Waals surface area contributed by atoms with Gasteiger partial charge in [-0.3, -0.25) is 9.59 Å². The van der Waals surface area contributed by atoms with E-state index in [1.54, 1.807) is 0 Å². The molecule has 0 heterocycles. The van der Waals surface area contributed by atoms with Crippen LogP contribution in [0.5, 0.6) is 0 Å². The summed E-state index contributed by atoms with van der Waals surface area (Å²) in [6, 6.07) is 0. The molecule has 9 atom stereocenters. The number of ether oxygens (including phenoxy) is 1. The molecule has 5 aliphatic rings. The van der Waals surface area contributed by atoms with Gasteiger partial charge >= 0.3 is 5.97 Å². The molecule has 4 fully saturated rings. The van der Waals surface area contributed by atoms with Crippen LogP contribution in [-0.4, -0.2) is 30.1 Å². The van der Waals surface area contributed by atoms with E-state index in [9.17, 15) is 14.7 Å². The SMILES string of the molecule is COC(=O)[C@]1(C)C[C@@H]2C3=CC[C@@H]4[C@@]5(C)CCC(=O)C(C)(C)C5CC[C@@]4(C)[C@]3(C)CC[C@@]2(C)[C@@H](O)C1. The van der Waals surface area contributed by atoms with Crippen molar-refractivity contribution in [3.8, 4) is 0 Å². The van der Waals surface area contributed by atoms with E-state index in [0.717, 1.165) is 44.9 Å². The van der Waals surface area contributed by atoms with Gasteiger partial charge in [0.05, 0.1) is 18.6 Å². The number of esters is 1. The van der Waals surface area contributed by atoms with Gasteiger partial charge in [0.2, 0.25) is 0 Å². The Morgan fingerprint density at radius 3 is 2.29 bits per heavy atom. The van der Waals surface area contributed by atoms with E-state index < -0.39 is 11.5 Å². The van der Waals surface area contributed by atoms with Crippen molar-refractivity contribution in [2.75, 3.05) is 7.11 Å². The Kier molecular flexibility index (Phi) is 5.43. The summed E-state index contributed by atoms with van der Waals surface area (Å²) in [5.41, 5.74) is 0.808. The number of aliphatic hydroxyl groups is 1. The number of aliphatic hydroxyl groups excluding tert-OH is 1. The van der Waals surface area contributed by atoms with Crippen LogP contribution in [-0.2, 0) is 14.3 Å². The van der Waals surface area contributed by atoms with E-state index >= 15 is 0 Å². The minimum absolute atomic E-state index is 0.0494. The molecule has 0 spiro atoms. The average molecular weight is 485 g/mol. The van der Waals surface area contributed by atoms with E-state index in [1.807, 2.05) is 6.92 Å². The van der Waals surface area contributed by atoms with Crippen LogP contribution in [0.15, 0.2) is 11.6 Å². The van der Waals surface area contributed by atoms with Crippen molar-refractivity contribution in [2.24, 2.45) is 50.2 Å². The van der Waals surface area contributed by atoms with Crippen LogP contribution in [0.2, 0.25) is 0 Å². The van der Waals surface area contributed by atoms with Gasteiger partial charge in [0.1, 0.15) is 5.78 Å². The largest absolute Gasteiger partial charge is 0.469 e. The Labute approximate surface area is 212 Å². The average Bonchev–Trinajstić information content (AvgIpc) is 2.78. The first-order valence-corrected chi connectivity index (χ1v) is 14.1. The Morgan fingerprint density at radius 1 is 0.943 bits per heavy atom. The standard InChI is InChI=1S/C31H48O4/c1-26(2)21-11-14-31(7)22(29(21,5)13-12-23(26)32)10-9-19-20-17-27(3,25(34)35-8)18-24(33)28(20,4)15-16-30(19,31)6/h9,20-22,24,33H,10-18H2,1-8H3/t20-,21?,22-,24+,27-,28-,29+,30-,31-/m1/s1. The smallest absolute Gasteiger partial charge is 0.311 e. The maximum Gasteiger partial charge on any atom is 0.311 e. The van der Waals surface area contributed by atoms with Crippen molar-refractivity contribution in [3.63, 3.8) is 0 Å². The molecule has 0 amide bonds. The number of ketones is 1. The second-order valence-electron chi connectivity index (χ2n) is 15.0. The van der Waals surface area contributed by atoms with Crippen molar-refractivity contribution in [2.45, 2.75) is 112 Å². The molecule has 4 nitrogen and oxygen atoms in total. The molecule has 1 unspecified atom stereocenters. The van der Waals surface area contributed by atoms with Gasteiger partial charge in [0.25, 0.3) is 0 Å². The Morgan fingerprint density at radius 2 is 1.63 bits per heavy atom. The third kappa shape index (κ3) is 3.01. The third-order valence-electron chi connectivity index (χ3n) is 13.3. The molecule has 0 aromatic rings. The molecule has 0 saturated heterocycles. The Bertz CT molecular complexity index is 980. The van der Waals surface area contributed by atoms with Crippen LogP contribution in [0, 0.1) is 50.2 Å². The molecule has 35 heavy (non-hydrogen) atoms. The zero-order chi connectivity index (χ0) is 25.8. The lowest BCUT2D eigenvalue weighted by atomic mass is 9.33. The second-order valence-corrected chi connectivity index (χ2v) is 15.0. The lowest BCUT2D eigenvalue weighted by Gasteiger charge is -2.71. The number of rotatable bonds is 1. The summed E-state index contributed by atoms with van der Waals surface area (Å²) in [5, 5.41) is 11.4. The highest BCUT2D eigenvalue weighted by molar-refractivity contribution is 5.85. The topological polar surface area (TPSA) is 63.6 Å². The van der Waals surface area contributed by atoms with Gasteiger partial charge in [-0.15, -0.1) is 0 Å². The fraction of sp³-hybridized carbons (Fsp3) is 0.871. The van der Waals surface area contributed by atoms with E-state index in [4.69, 9.17) is 4.74 Å². The van der Waals surface area contributed by atoms with Crippen LogP contribution in [0.25, 0.3) is 0 Å². The van der Waals surface area contributed by atoms with Crippen LogP contribution < -0.4 is 0 Å². The normalized spacial score (nSPS) is 52.8. The van der Waals surface area contributed by atoms with Gasteiger partial charge in [0.15, 0.2) is 0 Å². The van der Waals surface area contributed by atoms with Crippen molar-refractivity contribution in [3.05, 3.63) is 11.6 Å². The summed E-state index contributed by atoms with van der Waals surface area (Å²) < 4.78 is 5.22. The first-order chi connectivity index (χ1) is 16.1. The number of methoxy groups -OCH3 is 1. The molecule has 0 aromatic carbocycles. The monoisotopic (exact) mass is 484 g/mol. The molecule has 4 heteroatoms. The van der Waals surface area contributed by atoms with E-state index in [2.05, 4.69) is 47.6 Å². The molecular formula is C31H48O4. The zero-order valence-corrected chi connectivity index (χ0v) is 23.4. The third-order valence-corrected chi connectivity index (χ3v) is 13.3. The Balaban J connectivity index is 1.58. The lowest BCUT2D eigenvalue weighted by Crippen LogP contribution is -2.65. The van der Waals surface area contributed by atoms with Crippen molar-refractivity contribution in [1.82, 2.24) is 0 Å². The number of fused-ring (bicyclic) bond motifs is 7. The molecule has 0 bridgehead atoms. The summed E-state index contributed by atoms with van der Waals surface area (Å²) in [6.45, 7) is 16.2. The first kappa shape index (κ1) is 25.5.